The van der Waals surface area contributed by atoms with E-state index in [2.05, 4.69) is 10.3 Å². The zero-order valence-electron chi connectivity index (χ0n) is 10.6. The fraction of sp³-hybridized carbons (Fsp3) is 0.571. The fourth-order valence-electron chi connectivity index (χ4n) is 2.40. The predicted octanol–water partition coefficient (Wildman–Crippen LogP) is 1.26. The zero-order valence-corrected chi connectivity index (χ0v) is 10.6. The first-order valence-corrected chi connectivity index (χ1v) is 6.68. The Morgan fingerprint density at radius 3 is 2.83 bits per heavy atom. The van der Waals surface area contributed by atoms with Crippen LogP contribution in [0.1, 0.15) is 31.2 Å². The fourth-order valence-corrected chi connectivity index (χ4v) is 2.40. The van der Waals surface area contributed by atoms with Crippen LogP contribution in [-0.2, 0) is 11.2 Å². The molecule has 18 heavy (non-hydrogen) atoms. The van der Waals surface area contributed by atoms with Gasteiger partial charge in [0.05, 0.1) is 0 Å². The van der Waals surface area contributed by atoms with E-state index in [1.807, 2.05) is 18.3 Å². The number of hydrogen-bond acceptors (Lipinski definition) is 3. The van der Waals surface area contributed by atoms with Crippen molar-refractivity contribution in [3.8, 4) is 0 Å². The van der Waals surface area contributed by atoms with Gasteiger partial charge in [-0.25, -0.2) is 0 Å². The highest BCUT2D eigenvalue weighted by atomic mass is 16.1. The number of pyridine rings is 1. The van der Waals surface area contributed by atoms with Gasteiger partial charge in [0, 0.05) is 30.9 Å². The third-order valence-electron chi connectivity index (χ3n) is 3.58. The Labute approximate surface area is 108 Å². The highest BCUT2D eigenvalue weighted by Crippen LogP contribution is 2.23. The monoisotopic (exact) mass is 247 g/mol. The van der Waals surface area contributed by atoms with E-state index in [1.165, 1.54) is 0 Å². The molecule has 1 fully saturated rings. The molecule has 2 rings (SSSR count). The summed E-state index contributed by atoms with van der Waals surface area (Å²) in [4.78, 5) is 16.0. The van der Waals surface area contributed by atoms with E-state index >= 15 is 0 Å². The van der Waals surface area contributed by atoms with Crippen LogP contribution in [0.4, 0.5) is 0 Å². The molecule has 0 atom stereocenters. The van der Waals surface area contributed by atoms with E-state index in [0.717, 1.165) is 37.7 Å². The van der Waals surface area contributed by atoms with Crippen LogP contribution in [0.3, 0.4) is 0 Å². The van der Waals surface area contributed by atoms with Crippen LogP contribution in [0, 0.1) is 5.92 Å². The maximum Gasteiger partial charge on any atom is 0.223 e. The summed E-state index contributed by atoms with van der Waals surface area (Å²) in [6.07, 6.45) is 8.24. The highest BCUT2D eigenvalue weighted by Gasteiger charge is 2.23. The molecule has 4 nitrogen and oxygen atoms in total. The van der Waals surface area contributed by atoms with Crippen LogP contribution in [0.2, 0.25) is 0 Å². The average Bonchev–Trinajstić information content (AvgIpc) is 2.40. The number of nitrogens with two attached hydrogens (primary N) is 1. The number of nitrogens with zero attached hydrogens (tertiary/aromatic N) is 1. The van der Waals surface area contributed by atoms with Gasteiger partial charge in [-0.05, 0) is 43.7 Å². The van der Waals surface area contributed by atoms with Crippen molar-refractivity contribution in [3.05, 3.63) is 30.1 Å². The van der Waals surface area contributed by atoms with Crippen molar-refractivity contribution >= 4 is 5.91 Å². The van der Waals surface area contributed by atoms with Gasteiger partial charge < -0.3 is 11.1 Å². The van der Waals surface area contributed by atoms with Crippen molar-refractivity contribution in [3.63, 3.8) is 0 Å². The molecule has 0 spiro atoms. The Morgan fingerprint density at radius 1 is 1.39 bits per heavy atom. The Kier molecular flexibility index (Phi) is 4.70. The maximum atomic E-state index is 11.9. The molecule has 3 N–H and O–H groups in total. The first-order chi connectivity index (χ1) is 8.75. The number of hydrogen-bond donors (Lipinski definition) is 2. The Bertz CT molecular complexity index is 372. The molecule has 98 valence electrons. The van der Waals surface area contributed by atoms with E-state index in [4.69, 9.17) is 5.73 Å². The molecule has 0 aliphatic heterocycles. The third-order valence-corrected chi connectivity index (χ3v) is 3.58. The number of carbonyl (C=O) groups is 1. The number of aromatic nitrogens is 1. The summed E-state index contributed by atoms with van der Waals surface area (Å²) in [5.41, 5.74) is 6.99. The first kappa shape index (κ1) is 13.0. The molecule has 1 aromatic heterocycles. The molecule has 0 aromatic carbocycles. The van der Waals surface area contributed by atoms with Crippen molar-refractivity contribution < 1.29 is 4.79 Å². The van der Waals surface area contributed by atoms with Gasteiger partial charge in [-0.1, -0.05) is 6.07 Å². The van der Waals surface area contributed by atoms with E-state index < -0.39 is 0 Å². The van der Waals surface area contributed by atoms with Gasteiger partial charge in [0.1, 0.15) is 0 Å². The SMILES string of the molecule is NC1CCC(C(=O)NCCc2cccnc2)CC1. The lowest BCUT2D eigenvalue weighted by molar-refractivity contribution is -0.125. The lowest BCUT2D eigenvalue weighted by Gasteiger charge is -2.25. The van der Waals surface area contributed by atoms with Crippen molar-refractivity contribution in [2.75, 3.05) is 6.54 Å². The topological polar surface area (TPSA) is 68.0 Å². The summed E-state index contributed by atoms with van der Waals surface area (Å²) in [5.74, 6) is 0.351. The second-order valence-electron chi connectivity index (χ2n) is 5.01. The molecule has 0 bridgehead atoms. The molecule has 0 saturated heterocycles. The molecule has 1 aliphatic carbocycles. The Hall–Kier alpha value is -1.42. The van der Waals surface area contributed by atoms with Gasteiger partial charge in [-0.2, -0.15) is 0 Å². The van der Waals surface area contributed by atoms with Gasteiger partial charge in [0.2, 0.25) is 5.91 Å². The van der Waals surface area contributed by atoms with E-state index in [-0.39, 0.29) is 11.8 Å². The number of nitrogens with one attached hydrogen (secondary N) is 1. The van der Waals surface area contributed by atoms with Gasteiger partial charge in [0.15, 0.2) is 0 Å². The predicted molar refractivity (Wildman–Crippen MR) is 70.9 cm³/mol. The molecule has 0 unspecified atom stereocenters. The van der Waals surface area contributed by atoms with Crippen LogP contribution in [0.25, 0.3) is 0 Å². The minimum Gasteiger partial charge on any atom is -0.356 e. The molecule has 1 saturated carbocycles. The molecule has 1 heterocycles. The summed E-state index contributed by atoms with van der Waals surface area (Å²) >= 11 is 0. The lowest BCUT2D eigenvalue weighted by Crippen LogP contribution is -2.37. The number of amides is 1. The van der Waals surface area contributed by atoms with Crippen LogP contribution in [-0.4, -0.2) is 23.5 Å². The van der Waals surface area contributed by atoms with E-state index in [0.29, 0.717) is 12.6 Å². The molecule has 1 aliphatic rings. The van der Waals surface area contributed by atoms with Gasteiger partial charge in [-0.15, -0.1) is 0 Å². The zero-order chi connectivity index (χ0) is 12.8. The molecule has 4 heteroatoms. The summed E-state index contributed by atoms with van der Waals surface area (Å²) in [6, 6.07) is 4.24. The van der Waals surface area contributed by atoms with Crippen LogP contribution in [0.15, 0.2) is 24.5 Å². The van der Waals surface area contributed by atoms with Crippen LogP contribution >= 0.6 is 0 Å². The first-order valence-electron chi connectivity index (χ1n) is 6.68. The number of carbonyl (C=O) groups excluding carboxylic acids is 1. The minimum absolute atomic E-state index is 0.165. The molecule has 1 amide bonds. The summed E-state index contributed by atoms with van der Waals surface area (Å²) < 4.78 is 0. The molecule has 1 aromatic rings. The van der Waals surface area contributed by atoms with E-state index in [9.17, 15) is 4.79 Å². The smallest absolute Gasteiger partial charge is 0.223 e. The highest BCUT2D eigenvalue weighted by molar-refractivity contribution is 5.78. The third kappa shape index (κ3) is 3.81. The molecule has 0 radical (unpaired) electrons. The minimum atomic E-state index is 0.165. The quantitative estimate of drug-likeness (QED) is 0.841. The molecular weight excluding hydrogens is 226 g/mol. The second kappa shape index (κ2) is 6.50. The van der Waals surface area contributed by atoms with Gasteiger partial charge in [0.25, 0.3) is 0 Å². The Balaban J connectivity index is 1.69. The number of rotatable bonds is 4. The second-order valence-corrected chi connectivity index (χ2v) is 5.01. The maximum absolute atomic E-state index is 11.9. The molecular formula is C14H21N3O. The van der Waals surface area contributed by atoms with Crippen molar-refractivity contribution in [2.24, 2.45) is 11.7 Å². The average molecular weight is 247 g/mol. The Morgan fingerprint density at radius 2 is 2.17 bits per heavy atom. The van der Waals surface area contributed by atoms with Gasteiger partial charge in [-0.3, -0.25) is 9.78 Å². The van der Waals surface area contributed by atoms with Crippen molar-refractivity contribution in [1.82, 2.24) is 10.3 Å². The van der Waals surface area contributed by atoms with Crippen LogP contribution in [0.5, 0.6) is 0 Å². The summed E-state index contributed by atoms with van der Waals surface area (Å²) in [7, 11) is 0. The van der Waals surface area contributed by atoms with Crippen molar-refractivity contribution in [2.45, 2.75) is 38.1 Å². The lowest BCUT2D eigenvalue weighted by atomic mass is 9.86. The van der Waals surface area contributed by atoms with Crippen LogP contribution < -0.4 is 11.1 Å². The summed E-state index contributed by atoms with van der Waals surface area (Å²) in [6.45, 7) is 0.688. The van der Waals surface area contributed by atoms with Gasteiger partial charge >= 0.3 is 0 Å². The van der Waals surface area contributed by atoms with E-state index in [1.54, 1.807) is 6.20 Å². The normalized spacial score (nSPS) is 23.6. The standard InChI is InChI=1S/C14H21N3O/c15-13-5-3-12(4-6-13)14(18)17-9-7-11-2-1-8-16-10-11/h1-2,8,10,12-13H,3-7,9,15H2,(H,17,18). The largest absolute Gasteiger partial charge is 0.356 e. The van der Waals surface area contributed by atoms with Crippen molar-refractivity contribution in [1.29, 1.82) is 0 Å². The summed E-state index contributed by atoms with van der Waals surface area (Å²) in [5, 5.41) is 3.01.